The van der Waals surface area contributed by atoms with Crippen LogP contribution in [0.5, 0.6) is 0 Å². The molecule has 0 radical (unpaired) electrons. The number of anilines is 1. The first-order chi connectivity index (χ1) is 16.0. The maximum Gasteiger partial charge on any atom is 0.418 e. The van der Waals surface area contributed by atoms with Gasteiger partial charge in [0.15, 0.2) is 0 Å². The fourth-order valence-electron chi connectivity index (χ4n) is 3.67. The number of amides is 1. The van der Waals surface area contributed by atoms with Crippen molar-refractivity contribution in [1.82, 2.24) is 0 Å². The number of carbonyl (C=O) groups excluding carboxylic acids is 1. The number of hydrogen-bond acceptors (Lipinski definition) is 3. The second-order valence-corrected chi connectivity index (χ2v) is 8.46. The van der Waals surface area contributed by atoms with Gasteiger partial charge in [0.1, 0.15) is 5.58 Å². The molecule has 1 N–H and O–H groups in total. The molecule has 34 heavy (non-hydrogen) atoms. The number of aryl methyl sites for hydroxylation is 1. The Hall–Kier alpha value is -3.29. The van der Waals surface area contributed by atoms with Crippen LogP contribution in [0.3, 0.4) is 0 Å². The SMILES string of the molecule is Cc1cc2oc(=O)c(CC(=O)Nc3ccc(Cl)cc3C(F)(F)F)c(-c3ccccc3)c2cc1Cl. The monoisotopic (exact) mass is 505 g/mol. The second kappa shape index (κ2) is 9.16. The number of halogens is 5. The molecule has 1 aromatic heterocycles. The highest BCUT2D eigenvalue weighted by atomic mass is 35.5. The van der Waals surface area contributed by atoms with E-state index in [1.54, 1.807) is 49.4 Å². The van der Waals surface area contributed by atoms with Crippen molar-refractivity contribution in [2.75, 3.05) is 5.32 Å². The van der Waals surface area contributed by atoms with Gasteiger partial charge in [-0.05, 0) is 48.4 Å². The van der Waals surface area contributed by atoms with Gasteiger partial charge in [-0.25, -0.2) is 4.79 Å². The molecule has 0 aliphatic carbocycles. The van der Waals surface area contributed by atoms with Gasteiger partial charge in [-0.15, -0.1) is 0 Å². The van der Waals surface area contributed by atoms with E-state index in [2.05, 4.69) is 5.32 Å². The fraction of sp³-hybridized carbons (Fsp3) is 0.120. The summed E-state index contributed by atoms with van der Waals surface area (Å²) in [7, 11) is 0. The van der Waals surface area contributed by atoms with Crippen LogP contribution in [-0.2, 0) is 17.4 Å². The van der Waals surface area contributed by atoms with E-state index in [1.165, 1.54) is 6.07 Å². The number of hydrogen-bond donors (Lipinski definition) is 1. The first-order valence-electron chi connectivity index (χ1n) is 10.0. The Morgan fingerprint density at radius 2 is 1.74 bits per heavy atom. The minimum atomic E-state index is -4.74. The van der Waals surface area contributed by atoms with Gasteiger partial charge >= 0.3 is 11.8 Å². The van der Waals surface area contributed by atoms with Crippen molar-refractivity contribution in [3.8, 4) is 11.1 Å². The smallest absolute Gasteiger partial charge is 0.418 e. The molecule has 4 aromatic rings. The summed E-state index contributed by atoms with van der Waals surface area (Å²) in [5.74, 6) is -0.824. The maximum absolute atomic E-state index is 13.4. The molecule has 3 aromatic carbocycles. The molecule has 0 saturated carbocycles. The molecular formula is C25H16Cl2F3NO3. The molecular weight excluding hydrogens is 490 g/mol. The molecule has 0 aliphatic rings. The zero-order valence-corrected chi connectivity index (χ0v) is 19.1. The molecule has 0 saturated heterocycles. The Kier molecular flexibility index (Phi) is 6.43. The molecule has 174 valence electrons. The number of rotatable bonds is 4. The summed E-state index contributed by atoms with van der Waals surface area (Å²) in [6.07, 6.45) is -5.26. The zero-order chi connectivity index (χ0) is 24.6. The quantitative estimate of drug-likeness (QED) is 0.296. The van der Waals surface area contributed by atoms with E-state index in [9.17, 15) is 22.8 Å². The summed E-state index contributed by atoms with van der Waals surface area (Å²) in [5.41, 5.74) is -0.289. The van der Waals surface area contributed by atoms with Crippen LogP contribution in [0.25, 0.3) is 22.1 Å². The zero-order valence-electron chi connectivity index (χ0n) is 17.6. The highest BCUT2D eigenvalue weighted by Crippen LogP contribution is 2.37. The lowest BCUT2D eigenvalue weighted by atomic mass is 9.94. The summed E-state index contributed by atoms with van der Waals surface area (Å²) in [6.45, 7) is 1.76. The molecule has 1 amide bonds. The molecule has 0 atom stereocenters. The normalized spacial score (nSPS) is 11.6. The number of nitrogens with one attached hydrogen (secondary N) is 1. The molecule has 0 aliphatic heterocycles. The summed E-state index contributed by atoms with van der Waals surface area (Å²) in [5, 5.41) is 3.06. The topological polar surface area (TPSA) is 59.3 Å². The molecule has 0 spiro atoms. The van der Waals surface area contributed by atoms with E-state index >= 15 is 0 Å². The summed E-state index contributed by atoms with van der Waals surface area (Å²) in [4.78, 5) is 25.7. The van der Waals surface area contributed by atoms with Crippen molar-refractivity contribution in [2.45, 2.75) is 19.5 Å². The van der Waals surface area contributed by atoms with E-state index < -0.39 is 35.4 Å². The molecule has 0 unspecified atom stereocenters. The Morgan fingerprint density at radius 1 is 1.03 bits per heavy atom. The first kappa shape index (κ1) is 23.9. The van der Waals surface area contributed by atoms with Gasteiger partial charge in [-0.2, -0.15) is 13.2 Å². The lowest BCUT2D eigenvalue weighted by Gasteiger charge is -2.15. The van der Waals surface area contributed by atoms with E-state index in [0.717, 1.165) is 12.1 Å². The van der Waals surface area contributed by atoms with Crippen LogP contribution in [0.2, 0.25) is 10.0 Å². The van der Waals surface area contributed by atoms with Gasteiger partial charge in [-0.1, -0.05) is 53.5 Å². The Morgan fingerprint density at radius 3 is 2.41 bits per heavy atom. The molecule has 4 rings (SSSR count). The lowest BCUT2D eigenvalue weighted by Crippen LogP contribution is -2.22. The van der Waals surface area contributed by atoms with Crippen LogP contribution in [0.15, 0.2) is 69.9 Å². The van der Waals surface area contributed by atoms with Gasteiger partial charge in [0.25, 0.3) is 0 Å². The number of benzene rings is 3. The van der Waals surface area contributed by atoms with Crippen LogP contribution < -0.4 is 10.9 Å². The van der Waals surface area contributed by atoms with Crippen LogP contribution in [-0.4, -0.2) is 5.91 Å². The number of fused-ring (bicyclic) bond motifs is 1. The third-order valence-corrected chi connectivity index (χ3v) is 5.88. The third kappa shape index (κ3) is 4.81. The summed E-state index contributed by atoms with van der Waals surface area (Å²) in [6, 6.07) is 15.1. The number of carbonyl (C=O) groups is 1. The first-order valence-corrected chi connectivity index (χ1v) is 10.8. The predicted octanol–water partition coefficient (Wildman–Crippen LogP) is 7.28. The molecule has 0 bridgehead atoms. The molecule has 1 heterocycles. The third-order valence-electron chi connectivity index (χ3n) is 5.24. The van der Waals surface area contributed by atoms with Crippen LogP contribution in [0, 0.1) is 6.92 Å². The highest BCUT2D eigenvalue weighted by Gasteiger charge is 2.34. The summed E-state index contributed by atoms with van der Waals surface area (Å²) >= 11 is 12.0. The second-order valence-electron chi connectivity index (χ2n) is 7.62. The van der Waals surface area contributed by atoms with Crippen LogP contribution in [0.1, 0.15) is 16.7 Å². The van der Waals surface area contributed by atoms with E-state index in [4.69, 9.17) is 27.6 Å². The highest BCUT2D eigenvalue weighted by molar-refractivity contribution is 6.32. The number of alkyl halides is 3. The van der Waals surface area contributed by atoms with Crippen LogP contribution in [0.4, 0.5) is 18.9 Å². The molecule has 4 nitrogen and oxygen atoms in total. The molecule has 9 heteroatoms. The van der Waals surface area contributed by atoms with E-state index in [0.29, 0.717) is 27.1 Å². The Labute approximate surface area is 201 Å². The van der Waals surface area contributed by atoms with Gasteiger partial charge in [0.2, 0.25) is 5.91 Å². The van der Waals surface area contributed by atoms with Crippen molar-refractivity contribution in [1.29, 1.82) is 0 Å². The standard InChI is InChI=1S/C25H16Cl2F3NO3/c1-13-9-21-16(11-19(13)27)23(14-5-3-2-4-6-14)17(24(33)34-21)12-22(32)31-20-8-7-15(26)10-18(20)25(28,29)30/h2-11H,12H2,1H3,(H,31,32). The minimum Gasteiger partial charge on any atom is -0.422 e. The van der Waals surface area contributed by atoms with E-state index in [-0.39, 0.29) is 16.2 Å². The van der Waals surface area contributed by atoms with Gasteiger partial charge in [0, 0.05) is 21.0 Å². The fourth-order valence-corrected chi connectivity index (χ4v) is 4.01. The largest absolute Gasteiger partial charge is 0.422 e. The average molecular weight is 506 g/mol. The van der Waals surface area contributed by atoms with Gasteiger partial charge in [-0.3, -0.25) is 4.79 Å². The predicted molar refractivity (Wildman–Crippen MR) is 126 cm³/mol. The van der Waals surface area contributed by atoms with Crippen molar-refractivity contribution >= 4 is 45.8 Å². The average Bonchev–Trinajstić information content (AvgIpc) is 2.77. The van der Waals surface area contributed by atoms with Gasteiger partial charge < -0.3 is 9.73 Å². The van der Waals surface area contributed by atoms with Crippen molar-refractivity contribution in [3.05, 3.63) is 97.8 Å². The summed E-state index contributed by atoms with van der Waals surface area (Å²) < 4.78 is 45.7. The minimum absolute atomic E-state index is 0.00126. The Bertz CT molecular complexity index is 1460. The van der Waals surface area contributed by atoms with Crippen molar-refractivity contribution < 1.29 is 22.4 Å². The molecule has 0 fully saturated rings. The van der Waals surface area contributed by atoms with Crippen molar-refractivity contribution in [3.63, 3.8) is 0 Å². The maximum atomic E-state index is 13.4. The van der Waals surface area contributed by atoms with Crippen LogP contribution >= 0.6 is 23.2 Å². The van der Waals surface area contributed by atoms with E-state index in [1.807, 2.05) is 0 Å². The Balaban J connectivity index is 1.82. The van der Waals surface area contributed by atoms with Gasteiger partial charge in [0.05, 0.1) is 23.2 Å². The van der Waals surface area contributed by atoms with Crippen molar-refractivity contribution in [2.24, 2.45) is 0 Å². The lowest BCUT2D eigenvalue weighted by molar-refractivity contribution is -0.137.